The lowest BCUT2D eigenvalue weighted by atomic mass is 9.56. The molecule has 3 fully saturated rings. The summed E-state index contributed by atoms with van der Waals surface area (Å²) in [6.07, 6.45) is -3.92. The van der Waals surface area contributed by atoms with Gasteiger partial charge in [-0.15, -0.1) is 36.4 Å². The molecular formula is C27H18Cl2F4N2O6. The Balaban J connectivity index is 1.58. The third-order valence-corrected chi connectivity index (χ3v) is 9.70. The fourth-order valence-corrected chi connectivity index (χ4v) is 7.54. The highest BCUT2D eigenvalue weighted by molar-refractivity contribution is 6.58. The lowest BCUT2D eigenvalue weighted by Crippen LogP contribution is -2.60. The van der Waals surface area contributed by atoms with Crippen LogP contribution in [0.2, 0.25) is 0 Å². The number of nitrogens with one attached hydrogen (secondary N) is 1. The second-order valence-corrected chi connectivity index (χ2v) is 11.6. The summed E-state index contributed by atoms with van der Waals surface area (Å²) in [6.45, 7) is 0. The standard InChI is InChI=1S/C27H18Cl2F4N2O6/c28-25-10-17-14(6-7-15-19(17)22(38)34-21(15)37)20(16-9-13(5-8-18(16)36)41-27(31,32)33)26(25,29)24(40)35(23(25)39)12-3-1-11(30)2-4-12/h1-6,8-9,15,17,19-20,36H,7,10H2,(H,34,37,38)/t15-,17+,19-,20+,25+,26-/m0/s1. The number of nitrogens with zero attached hydrogens (tertiary/aromatic N) is 1. The molecule has 4 amide bonds. The number of carbonyl (C=O) groups excluding carboxylic acids is 4. The zero-order valence-corrected chi connectivity index (χ0v) is 22.1. The van der Waals surface area contributed by atoms with Crippen LogP contribution >= 0.6 is 23.2 Å². The van der Waals surface area contributed by atoms with Gasteiger partial charge in [0.05, 0.1) is 17.5 Å². The summed E-state index contributed by atoms with van der Waals surface area (Å²) < 4.78 is 57.0. The number of carbonyl (C=O) groups is 4. The van der Waals surface area contributed by atoms with E-state index in [1.807, 2.05) is 0 Å². The average Bonchev–Trinajstić information content (AvgIpc) is 3.26. The SMILES string of the molecule is O=C1NC(=O)[C@H]2CC=C3[C@@H](C[C@@]4(Cl)C(=O)N(c5ccc(F)cc5)C(=O)[C@@]4(Cl)[C@H]3c3cc(OC(F)(F)F)ccc3O)[C@@H]12. The van der Waals surface area contributed by atoms with Crippen LogP contribution in [0.25, 0.3) is 0 Å². The molecule has 1 saturated carbocycles. The van der Waals surface area contributed by atoms with Crippen molar-refractivity contribution in [2.24, 2.45) is 17.8 Å². The number of ether oxygens (including phenoxy) is 1. The number of alkyl halides is 5. The Kier molecular flexibility index (Phi) is 5.99. The minimum absolute atomic E-state index is 0.0240. The van der Waals surface area contributed by atoms with E-state index < -0.39 is 80.7 Å². The maximum atomic E-state index is 14.1. The molecule has 0 spiro atoms. The van der Waals surface area contributed by atoms with Crippen LogP contribution in [0.5, 0.6) is 11.5 Å². The third kappa shape index (κ3) is 3.87. The molecule has 2 saturated heterocycles. The van der Waals surface area contributed by atoms with Gasteiger partial charge in [0.25, 0.3) is 11.8 Å². The van der Waals surface area contributed by atoms with Gasteiger partial charge in [0.15, 0.2) is 9.75 Å². The Hall–Kier alpha value is -3.64. The first-order valence-corrected chi connectivity index (χ1v) is 13.1. The maximum Gasteiger partial charge on any atom is 0.573 e. The molecule has 2 aliphatic heterocycles. The number of imide groups is 2. The topological polar surface area (TPSA) is 113 Å². The van der Waals surface area contributed by atoms with Crippen LogP contribution in [0.4, 0.5) is 23.2 Å². The third-order valence-electron chi connectivity index (χ3n) is 8.28. The molecule has 2 aromatic carbocycles. The van der Waals surface area contributed by atoms with Gasteiger partial charge in [-0.05, 0) is 61.2 Å². The Bertz CT molecular complexity index is 1560. The molecule has 2 N–H and O–H groups in total. The van der Waals surface area contributed by atoms with Crippen molar-refractivity contribution in [2.75, 3.05) is 4.90 Å². The average molecular weight is 613 g/mol. The molecule has 0 radical (unpaired) electrons. The molecule has 2 aliphatic carbocycles. The summed E-state index contributed by atoms with van der Waals surface area (Å²) in [5, 5.41) is 13.1. The van der Waals surface area contributed by atoms with E-state index in [0.717, 1.165) is 42.5 Å². The van der Waals surface area contributed by atoms with Gasteiger partial charge in [-0.2, -0.15) is 0 Å². The van der Waals surface area contributed by atoms with Crippen LogP contribution in [-0.2, 0) is 19.2 Å². The number of amides is 4. The molecule has 8 nitrogen and oxygen atoms in total. The van der Waals surface area contributed by atoms with E-state index in [9.17, 15) is 41.8 Å². The van der Waals surface area contributed by atoms with Crippen LogP contribution in [0, 0.1) is 23.6 Å². The van der Waals surface area contributed by atoms with Crippen LogP contribution in [0.1, 0.15) is 24.3 Å². The van der Waals surface area contributed by atoms with Crippen LogP contribution < -0.4 is 15.0 Å². The number of aromatic hydroxyl groups is 1. The van der Waals surface area contributed by atoms with Crippen molar-refractivity contribution in [1.82, 2.24) is 5.32 Å². The Labute approximate surface area is 238 Å². The van der Waals surface area contributed by atoms with E-state index >= 15 is 0 Å². The monoisotopic (exact) mass is 612 g/mol. The summed E-state index contributed by atoms with van der Waals surface area (Å²) in [5.74, 6) is -9.55. The molecular weight excluding hydrogens is 595 g/mol. The second-order valence-electron chi connectivity index (χ2n) is 10.4. The van der Waals surface area contributed by atoms with Gasteiger partial charge >= 0.3 is 6.36 Å². The second kappa shape index (κ2) is 8.93. The van der Waals surface area contributed by atoms with Crippen molar-refractivity contribution in [3.63, 3.8) is 0 Å². The summed E-state index contributed by atoms with van der Waals surface area (Å²) in [5.41, 5.74) is -0.131. The molecule has 6 atom stereocenters. The summed E-state index contributed by atoms with van der Waals surface area (Å²) in [6, 6.07) is 6.90. The summed E-state index contributed by atoms with van der Waals surface area (Å²) in [4.78, 5) is 49.4. The number of anilines is 1. The quantitative estimate of drug-likeness (QED) is 0.232. The Morgan fingerprint density at radius 2 is 1.66 bits per heavy atom. The number of rotatable bonds is 3. The first-order valence-electron chi connectivity index (χ1n) is 12.3. The van der Waals surface area contributed by atoms with Crippen molar-refractivity contribution >= 4 is 52.5 Å². The molecule has 6 rings (SSSR count). The minimum Gasteiger partial charge on any atom is -0.508 e. The summed E-state index contributed by atoms with van der Waals surface area (Å²) in [7, 11) is 0. The molecule has 0 aromatic heterocycles. The van der Waals surface area contributed by atoms with Gasteiger partial charge in [-0.3, -0.25) is 24.5 Å². The number of hydrogen-bond donors (Lipinski definition) is 2. The van der Waals surface area contributed by atoms with Crippen molar-refractivity contribution < 1.29 is 46.6 Å². The van der Waals surface area contributed by atoms with Crippen LogP contribution in [-0.4, -0.2) is 44.8 Å². The van der Waals surface area contributed by atoms with E-state index in [1.165, 1.54) is 0 Å². The van der Waals surface area contributed by atoms with Crippen molar-refractivity contribution in [3.05, 3.63) is 65.5 Å². The predicted molar refractivity (Wildman–Crippen MR) is 135 cm³/mol. The number of halogens is 6. The zero-order valence-electron chi connectivity index (χ0n) is 20.5. The Morgan fingerprint density at radius 3 is 2.32 bits per heavy atom. The number of allylic oxidation sites excluding steroid dienone is 2. The number of benzene rings is 2. The first-order chi connectivity index (χ1) is 19.2. The fraction of sp³-hybridized carbons (Fsp3) is 0.333. The van der Waals surface area contributed by atoms with Gasteiger partial charge < -0.3 is 9.84 Å². The molecule has 4 aliphatic rings. The highest BCUT2D eigenvalue weighted by Gasteiger charge is 2.76. The van der Waals surface area contributed by atoms with Crippen molar-refractivity contribution in [3.8, 4) is 11.5 Å². The molecule has 0 bridgehead atoms. The highest BCUT2D eigenvalue weighted by Crippen LogP contribution is 2.66. The molecule has 14 heteroatoms. The molecule has 41 heavy (non-hydrogen) atoms. The van der Waals surface area contributed by atoms with Crippen LogP contribution in [0.15, 0.2) is 54.1 Å². The van der Waals surface area contributed by atoms with E-state index in [2.05, 4.69) is 10.1 Å². The van der Waals surface area contributed by atoms with Crippen LogP contribution in [0.3, 0.4) is 0 Å². The largest absolute Gasteiger partial charge is 0.573 e. The zero-order chi connectivity index (χ0) is 29.6. The minimum atomic E-state index is -5.10. The highest BCUT2D eigenvalue weighted by atomic mass is 35.5. The van der Waals surface area contributed by atoms with Gasteiger partial charge in [0.1, 0.15) is 17.3 Å². The number of phenolic OH excluding ortho intramolecular Hbond substituents is 1. The molecule has 214 valence electrons. The number of phenols is 1. The van der Waals surface area contributed by atoms with E-state index in [1.54, 1.807) is 6.08 Å². The summed E-state index contributed by atoms with van der Waals surface area (Å²) >= 11 is 14.1. The first kappa shape index (κ1) is 27.5. The number of fused-ring (bicyclic) bond motifs is 4. The molecule has 0 unspecified atom stereocenters. The normalized spacial score (nSPS) is 32.7. The van der Waals surface area contributed by atoms with E-state index in [0.29, 0.717) is 4.90 Å². The fourth-order valence-electron chi connectivity index (χ4n) is 6.62. The van der Waals surface area contributed by atoms with Gasteiger partial charge in [0, 0.05) is 11.5 Å². The van der Waals surface area contributed by atoms with E-state index in [4.69, 9.17) is 23.2 Å². The van der Waals surface area contributed by atoms with Gasteiger partial charge in [-0.1, -0.05) is 11.6 Å². The van der Waals surface area contributed by atoms with Gasteiger partial charge in [-0.25, -0.2) is 9.29 Å². The maximum absolute atomic E-state index is 14.1. The predicted octanol–water partition coefficient (Wildman–Crippen LogP) is 4.28. The van der Waals surface area contributed by atoms with Crippen molar-refractivity contribution in [1.29, 1.82) is 0 Å². The molecule has 2 heterocycles. The van der Waals surface area contributed by atoms with E-state index in [-0.39, 0.29) is 29.7 Å². The van der Waals surface area contributed by atoms with Crippen molar-refractivity contribution in [2.45, 2.75) is 34.9 Å². The lowest BCUT2D eigenvalue weighted by molar-refractivity contribution is -0.274. The number of hydrogen-bond acceptors (Lipinski definition) is 6. The van der Waals surface area contributed by atoms with Gasteiger partial charge in [0.2, 0.25) is 11.8 Å². The smallest absolute Gasteiger partial charge is 0.508 e. The Morgan fingerprint density at radius 1 is 0.976 bits per heavy atom. The molecule has 2 aromatic rings. The lowest BCUT2D eigenvalue weighted by Gasteiger charge is -2.50.